The van der Waals surface area contributed by atoms with Gasteiger partial charge in [0, 0.05) is 13.0 Å². The lowest BCUT2D eigenvalue weighted by Gasteiger charge is -2.30. The van der Waals surface area contributed by atoms with Crippen molar-refractivity contribution in [3.8, 4) is 0 Å². The Hall–Kier alpha value is -2.20. The molecular weight excluding hydrogens is 304 g/mol. The molecule has 2 aliphatic rings. The lowest BCUT2D eigenvalue weighted by Crippen LogP contribution is -2.39. The van der Waals surface area contributed by atoms with E-state index in [1.54, 1.807) is 4.90 Å². The molecule has 0 radical (unpaired) electrons. The molecule has 0 N–H and O–H groups in total. The van der Waals surface area contributed by atoms with E-state index >= 15 is 0 Å². The van der Waals surface area contributed by atoms with E-state index in [0.29, 0.717) is 5.11 Å². The predicted octanol–water partition coefficient (Wildman–Crippen LogP) is 3.31. The van der Waals surface area contributed by atoms with E-state index in [1.807, 2.05) is 30.3 Å². The number of rotatable bonds is 2. The van der Waals surface area contributed by atoms with E-state index in [2.05, 4.69) is 30.0 Å². The molecular formula is C19H18N2OS. The maximum absolute atomic E-state index is 13.0. The minimum Gasteiger partial charge on any atom is -0.332 e. The van der Waals surface area contributed by atoms with Crippen molar-refractivity contribution in [2.45, 2.75) is 32.4 Å². The number of carbonyl (C=O) groups is 1. The van der Waals surface area contributed by atoms with Gasteiger partial charge in [0.05, 0.1) is 5.69 Å². The fourth-order valence-corrected chi connectivity index (χ4v) is 3.95. The largest absolute Gasteiger partial charge is 0.332 e. The molecule has 0 saturated carbocycles. The first-order valence-electron chi connectivity index (χ1n) is 8.00. The average molecular weight is 322 g/mol. The molecule has 23 heavy (non-hydrogen) atoms. The van der Waals surface area contributed by atoms with Gasteiger partial charge in [0.2, 0.25) is 0 Å². The van der Waals surface area contributed by atoms with Crippen LogP contribution in [-0.2, 0) is 24.2 Å². The normalized spacial score (nSPS) is 19.8. The van der Waals surface area contributed by atoms with E-state index in [4.69, 9.17) is 12.2 Å². The standard InChI is InChI=1S/C19H18N2OS/c1-2-13-7-5-6-10-16(13)21-18(22)17-11-14-8-3-4-9-15(14)12-20(17)19(21)23/h3-10,17H,2,11-12H2,1H3/t17-/m0/s1. The number of fused-ring (bicyclic) bond motifs is 2. The number of nitrogens with zero attached hydrogens (tertiary/aromatic N) is 2. The Morgan fingerprint density at radius 2 is 1.78 bits per heavy atom. The average Bonchev–Trinajstić information content (AvgIpc) is 2.83. The summed E-state index contributed by atoms with van der Waals surface area (Å²) in [5.74, 6) is 0.102. The quantitative estimate of drug-likeness (QED) is 0.793. The third-order valence-electron chi connectivity index (χ3n) is 4.80. The predicted molar refractivity (Wildman–Crippen MR) is 95.4 cm³/mol. The van der Waals surface area contributed by atoms with Crippen molar-refractivity contribution in [1.82, 2.24) is 4.90 Å². The minimum atomic E-state index is -0.165. The summed E-state index contributed by atoms with van der Waals surface area (Å²) in [7, 11) is 0. The number of thiocarbonyl (C=S) groups is 1. The van der Waals surface area contributed by atoms with E-state index < -0.39 is 0 Å². The maximum Gasteiger partial charge on any atom is 0.256 e. The number of amides is 1. The van der Waals surface area contributed by atoms with Gasteiger partial charge >= 0.3 is 0 Å². The van der Waals surface area contributed by atoms with Crippen LogP contribution >= 0.6 is 12.2 Å². The van der Waals surface area contributed by atoms with Crippen LogP contribution < -0.4 is 4.90 Å². The van der Waals surface area contributed by atoms with Crippen LogP contribution in [0.25, 0.3) is 0 Å². The monoisotopic (exact) mass is 322 g/mol. The van der Waals surface area contributed by atoms with Crippen LogP contribution in [-0.4, -0.2) is 22.0 Å². The molecule has 3 nitrogen and oxygen atoms in total. The van der Waals surface area contributed by atoms with Crippen LogP contribution in [0.4, 0.5) is 5.69 Å². The lowest BCUT2D eigenvalue weighted by molar-refractivity contribution is -0.120. The van der Waals surface area contributed by atoms with Gasteiger partial charge in [0.25, 0.3) is 5.91 Å². The molecule has 0 aromatic heterocycles. The lowest BCUT2D eigenvalue weighted by atomic mass is 9.95. The Kier molecular flexibility index (Phi) is 3.42. The fourth-order valence-electron chi connectivity index (χ4n) is 3.57. The van der Waals surface area contributed by atoms with Gasteiger partial charge in [-0.15, -0.1) is 0 Å². The zero-order chi connectivity index (χ0) is 16.0. The smallest absolute Gasteiger partial charge is 0.256 e. The second kappa shape index (κ2) is 5.46. The topological polar surface area (TPSA) is 23.6 Å². The highest BCUT2D eigenvalue weighted by molar-refractivity contribution is 7.80. The van der Waals surface area contributed by atoms with E-state index in [-0.39, 0.29) is 11.9 Å². The molecule has 1 amide bonds. The first-order chi connectivity index (χ1) is 11.2. The molecule has 2 heterocycles. The molecule has 0 unspecified atom stereocenters. The molecule has 2 aliphatic heterocycles. The molecule has 1 atom stereocenters. The third kappa shape index (κ3) is 2.17. The second-order valence-corrected chi connectivity index (χ2v) is 6.42. The van der Waals surface area contributed by atoms with Crippen LogP contribution in [0, 0.1) is 0 Å². The summed E-state index contributed by atoms with van der Waals surface area (Å²) >= 11 is 5.67. The van der Waals surface area contributed by atoms with Crippen molar-refractivity contribution < 1.29 is 4.79 Å². The van der Waals surface area contributed by atoms with Gasteiger partial charge in [0.15, 0.2) is 5.11 Å². The van der Waals surface area contributed by atoms with Crippen molar-refractivity contribution in [3.63, 3.8) is 0 Å². The van der Waals surface area contributed by atoms with Gasteiger partial charge in [-0.2, -0.15) is 0 Å². The van der Waals surface area contributed by atoms with Gasteiger partial charge in [0.1, 0.15) is 6.04 Å². The summed E-state index contributed by atoms with van der Waals surface area (Å²) in [5.41, 5.74) is 4.61. The minimum absolute atomic E-state index is 0.102. The SMILES string of the molecule is CCc1ccccc1N1C(=O)[C@@H]2Cc3ccccc3CN2C1=S. The van der Waals surface area contributed by atoms with Crippen molar-refractivity contribution >= 4 is 28.9 Å². The van der Waals surface area contributed by atoms with Crippen molar-refractivity contribution in [2.75, 3.05) is 4.90 Å². The molecule has 116 valence electrons. The number of anilines is 1. The molecule has 2 aromatic rings. The van der Waals surface area contributed by atoms with Crippen LogP contribution in [0.5, 0.6) is 0 Å². The Morgan fingerprint density at radius 3 is 2.57 bits per heavy atom. The summed E-state index contributed by atoms with van der Waals surface area (Å²) in [4.78, 5) is 16.8. The number of aryl methyl sites for hydroxylation is 1. The molecule has 1 saturated heterocycles. The highest BCUT2D eigenvalue weighted by Crippen LogP contribution is 2.34. The number of hydrogen-bond acceptors (Lipinski definition) is 2. The van der Waals surface area contributed by atoms with Gasteiger partial charge in [-0.3, -0.25) is 9.69 Å². The molecule has 4 rings (SSSR count). The highest BCUT2D eigenvalue weighted by Gasteiger charge is 2.45. The van der Waals surface area contributed by atoms with Crippen molar-refractivity contribution in [1.29, 1.82) is 0 Å². The maximum atomic E-state index is 13.0. The summed E-state index contributed by atoms with van der Waals surface area (Å²) in [5, 5.41) is 0.635. The Bertz CT molecular complexity index is 758. The molecule has 2 aromatic carbocycles. The fraction of sp³-hybridized carbons (Fsp3) is 0.263. The summed E-state index contributed by atoms with van der Waals surface area (Å²) in [6.07, 6.45) is 1.62. The number of para-hydroxylation sites is 1. The van der Waals surface area contributed by atoms with Gasteiger partial charge in [-0.05, 0) is 41.4 Å². The number of benzene rings is 2. The summed E-state index contributed by atoms with van der Waals surface area (Å²) < 4.78 is 0. The van der Waals surface area contributed by atoms with Gasteiger partial charge < -0.3 is 4.90 Å². The first-order valence-corrected chi connectivity index (χ1v) is 8.40. The number of hydrogen-bond donors (Lipinski definition) is 0. The van der Waals surface area contributed by atoms with Gasteiger partial charge in [-0.25, -0.2) is 0 Å². The molecule has 0 aliphatic carbocycles. The first kappa shape index (κ1) is 14.4. The molecule has 0 bridgehead atoms. The van der Waals surface area contributed by atoms with E-state index in [9.17, 15) is 4.79 Å². The van der Waals surface area contributed by atoms with Crippen molar-refractivity contribution in [3.05, 3.63) is 65.2 Å². The Balaban J connectivity index is 1.74. The van der Waals surface area contributed by atoms with Gasteiger partial charge in [-0.1, -0.05) is 49.4 Å². The van der Waals surface area contributed by atoms with Crippen LogP contribution in [0.1, 0.15) is 23.6 Å². The molecule has 0 spiro atoms. The zero-order valence-electron chi connectivity index (χ0n) is 13.0. The second-order valence-electron chi connectivity index (χ2n) is 6.06. The van der Waals surface area contributed by atoms with Crippen LogP contribution in [0.15, 0.2) is 48.5 Å². The molecule has 1 fully saturated rings. The number of carbonyl (C=O) groups excluding carboxylic acids is 1. The summed E-state index contributed by atoms with van der Waals surface area (Å²) in [6, 6.07) is 16.2. The van der Waals surface area contributed by atoms with Crippen LogP contribution in [0.3, 0.4) is 0 Å². The Labute approximate surface area is 141 Å². The highest BCUT2D eigenvalue weighted by atomic mass is 32.1. The Morgan fingerprint density at radius 1 is 1.09 bits per heavy atom. The summed E-state index contributed by atoms with van der Waals surface area (Å²) in [6.45, 7) is 2.82. The third-order valence-corrected chi connectivity index (χ3v) is 5.22. The van der Waals surface area contributed by atoms with Crippen LogP contribution in [0.2, 0.25) is 0 Å². The van der Waals surface area contributed by atoms with E-state index in [1.165, 1.54) is 11.1 Å². The molecule has 4 heteroatoms. The van der Waals surface area contributed by atoms with Crippen molar-refractivity contribution in [2.24, 2.45) is 0 Å². The van der Waals surface area contributed by atoms with E-state index in [0.717, 1.165) is 30.6 Å². The zero-order valence-corrected chi connectivity index (χ0v) is 13.8.